The fraction of sp³-hybridized carbons (Fsp3) is 0.385. The maximum absolute atomic E-state index is 2.28. The molecule has 1 nitrogen and oxygen atoms in total. The summed E-state index contributed by atoms with van der Waals surface area (Å²) in [5.74, 6) is 0. The minimum absolute atomic E-state index is 1.04. The average molecular weight is 189 g/mol. The van der Waals surface area contributed by atoms with Gasteiger partial charge in [-0.05, 0) is 38.0 Å². The summed E-state index contributed by atoms with van der Waals surface area (Å²) >= 11 is 0. The highest BCUT2D eigenvalue weighted by atomic mass is 15.0. The van der Waals surface area contributed by atoms with Crippen molar-refractivity contribution >= 4 is 6.08 Å². The second-order valence-electron chi connectivity index (χ2n) is 3.25. The van der Waals surface area contributed by atoms with Crippen molar-refractivity contribution in [3.8, 4) is 0 Å². The van der Waals surface area contributed by atoms with Gasteiger partial charge in [0.1, 0.15) is 0 Å². The first-order valence-electron chi connectivity index (χ1n) is 5.30. The zero-order chi connectivity index (χ0) is 10.4. The van der Waals surface area contributed by atoms with E-state index in [2.05, 4.69) is 48.9 Å². The van der Waals surface area contributed by atoms with Gasteiger partial charge in [0.15, 0.2) is 0 Å². The zero-order valence-electron chi connectivity index (χ0n) is 9.33. The quantitative estimate of drug-likeness (QED) is 0.637. The van der Waals surface area contributed by atoms with Crippen LogP contribution in [-0.4, -0.2) is 4.57 Å². The van der Waals surface area contributed by atoms with E-state index in [0.717, 1.165) is 13.0 Å². The molecular formula is C13H19N. The normalized spacial score (nSPS) is 11.9. The van der Waals surface area contributed by atoms with Gasteiger partial charge in [0.05, 0.1) is 0 Å². The molecule has 1 heterocycles. The molecule has 0 bridgehead atoms. The summed E-state index contributed by atoms with van der Waals surface area (Å²) in [5.41, 5.74) is 2.76. The van der Waals surface area contributed by atoms with Crippen molar-refractivity contribution in [1.82, 2.24) is 4.57 Å². The van der Waals surface area contributed by atoms with Crippen molar-refractivity contribution < 1.29 is 0 Å². The van der Waals surface area contributed by atoms with Crippen molar-refractivity contribution in [3.63, 3.8) is 0 Å². The Morgan fingerprint density at radius 2 is 2.07 bits per heavy atom. The Bertz CT molecular complexity index is 308. The Hall–Kier alpha value is -1.24. The molecule has 0 unspecified atom stereocenters. The van der Waals surface area contributed by atoms with Crippen LogP contribution in [0.5, 0.6) is 0 Å². The van der Waals surface area contributed by atoms with E-state index in [1.165, 1.54) is 11.3 Å². The van der Waals surface area contributed by atoms with Crippen LogP contribution in [0.4, 0.5) is 0 Å². The molecule has 0 atom stereocenters. The van der Waals surface area contributed by atoms with E-state index < -0.39 is 0 Å². The molecule has 1 aromatic rings. The minimum atomic E-state index is 1.04. The summed E-state index contributed by atoms with van der Waals surface area (Å²) in [5, 5.41) is 0. The third-order valence-corrected chi connectivity index (χ3v) is 2.37. The highest BCUT2D eigenvalue weighted by Gasteiger charge is 2.01. The Kier molecular flexibility index (Phi) is 4.24. The number of hydrogen-bond acceptors (Lipinski definition) is 0. The topological polar surface area (TPSA) is 4.93 Å². The molecule has 76 valence electrons. The van der Waals surface area contributed by atoms with Crippen LogP contribution in [0.15, 0.2) is 30.5 Å². The Labute approximate surface area is 86.8 Å². The molecule has 0 radical (unpaired) electrons. The summed E-state index contributed by atoms with van der Waals surface area (Å²) in [6.45, 7) is 7.44. The number of allylic oxidation sites excluding steroid dienone is 3. The molecule has 0 saturated heterocycles. The molecule has 0 aliphatic heterocycles. The second-order valence-corrected chi connectivity index (χ2v) is 3.25. The number of rotatable bonds is 4. The van der Waals surface area contributed by atoms with Gasteiger partial charge in [-0.25, -0.2) is 0 Å². The highest BCUT2D eigenvalue weighted by molar-refractivity contribution is 5.52. The lowest BCUT2D eigenvalue weighted by molar-refractivity contribution is 0.758. The minimum Gasteiger partial charge on any atom is -0.348 e. The van der Waals surface area contributed by atoms with Gasteiger partial charge in [-0.15, -0.1) is 0 Å². The summed E-state index contributed by atoms with van der Waals surface area (Å²) in [7, 11) is 0. The molecule has 0 fully saturated rings. The van der Waals surface area contributed by atoms with Crippen molar-refractivity contribution in [2.24, 2.45) is 0 Å². The zero-order valence-corrected chi connectivity index (χ0v) is 9.33. The van der Waals surface area contributed by atoms with Gasteiger partial charge in [-0.1, -0.05) is 25.2 Å². The highest BCUT2D eigenvalue weighted by Crippen LogP contribution is 2.13. The molecule has 0 aliphatic rings. The number of nitrogens with zero attached hydrogens (tertiary/aromatic N) is 1. The van der Waals surface area contributed by atoms with E-state index in [0.29, 0.717) is 0 Å². The molecule has 0 spiro atoms. The molecule has 0 amide bonds. The second kappa shape index (κ2) is 5.48. The molecule has 0 aliphatic carbocycles. The molecule has 14 heavy (non-hydrogen) atoms. The van der Waals surface area contributed by atoms with E-state index in [-0.39, 0.29) is 0 Å². The Morgan fingerprint density at radius 3 is 2.64 bits per heavy atom. The standard InChI is InChI=1S/C13H19N/c1-4-7-8-9-13-12(5-2)10-11-14(13)6-3/h4,7-11H,5-6H2,1-3H3. The number of aromatic nitrogens is 1. The molecule has 1 aromatic heterocycles. The third-order valence-electron chi connectivity index (χ3n) is 2.37. The van der Waals surface area contributed by atoms with E-state index in [1.807, 2.05) is 13.0 Å². The summed E-state index contributed by atoms with van der Waals surface area (Å²) in [6, 6.07) is 2.21. The first-order valence-corrected chi connectivity index (χ1v) is 5.30. The lowest BCUT2D eigenvalue weighted by atomic mass is 10.2. The smallest absolute Gasteiger partial charge is 0.0438 e. The maximum atomic E-state index is 2.28. The fourth-order valence-electron chi connectivity index (χ4n) is 1.57. The van der Waals surface area contributed by atoms with Crippen LogP contribution in [0.25, 0.3) is 6.08 Å². The average Bonchev–Trinajstić information content (AvgIpc) is 2.60. The van der Waals surface area contributed by atoms with Crippen LogP contribution in [-0.2, 0) is 13.0 Å². The van der Waals surface area contributed by atoms with Crippen molar-refractivity contribution in [2.75, 3.05) is 0 Å². The van der Waals surface area contributed by atoms with Crippen LogP contribution < -0.4 is 0 Å². The van der Waals surface area contributed by atoms with Gasteiger partial charge in [0.2, 0.25) is 0 Å². The predicted octanol–water partition coefficient (Wildman–Crippen LogP) is 3.66. The van der Waals surface area contributed by atoms with Gasteiger partial charge < -0.3 is 4.57 Å². The largest absolute Gasteiger partial charge is 0.348 e. The monoisotopic (exact) mass is 189 g/mol. The molecule has 1 rings (SSSR count). The summed E-state index contributed by atoms with van der Waals surface area (Å²) < 4.78 is 2.28. The van der Waals surface area contributed by atoms with Crippen molar-refractivity contribution in [2.45, 2.75) is 33.7 Å². The Morgan fingerprint density at radius 1 is 1.29 bits per heavy atom. The summed E-state index contributed by atoms with van der Waals surface area (Å²) in [6.07, 6.45) is 11.6. The predicted molar refractivity (Wildman–Crippen MR) is 63.3 cm³/mol. The molecule has 0 N–H and O–H groups in total. The van der Waals surface area contributed by atoms with Gasteiger partial charge in [-0.3, -0.25) is 0 Å². The lowest BCUT2D eigenvalue weighted by Crippen LogP contribution is -1.95. The van der Waals surface area contributed by atoms with Gasteiger partial charge in [0.25, 0.3) is 0 Å². The molecule has 1 heteroatoms. The Balaban J connectivity index is 2.96. The van der Waals surface area contributed by atoms with Crippen LogP contribution in [0.2, 0.25) is 0 Å². The van der Waals surface area contributed by atoms with Crippen LogP contribution in [0, 0.1) is 0 Å². The number of aryl methyl sites for hydroxylation is 2. The SMILES string of the molecule is CC=CC=Cc1c(CC)ccn1CC. The van der Waals surface area contributed by atoms with Crippen molar-refractivity contribution in [1.29, 1.82) is 0 Å². The van der Waals surface area contributed by atoms with Crippen LogP contribution in [0.3, 0.4) is 0 Å². The lowest BCUT2D eigenvalue weighted by Gasteiger charge is -2.03. The maximum Gasteiger partial charge on any atom is 0.0438 e. The fourth-order valence-corrected chi connectivity index (χ4v) is 1.57. The third kappa shape index (κ3) is 2.38. The number of hydrogen-bond donors (Lipinski definition) is 0. The molecular weight excluding hydrogens is 170 g/mol. The van der Waals surface area contributed by atoms with Crippen LogP contribution >= 0.6 is 0 Å². The van der Waals surface area contributed by atoms with Gasteiger partial charge in [-0.2, -0.15) is 0 Å². The van der Waals surface area contributed by atoms with E-state index in [4.69, 9.17) is 0 Å². The van der Waals surface area contributed by atoms with Gasteiger partial charge in [0, 0.05) is 18.4 Å². The first kappa shape index (κ1) is 10.8. The first-order chi connectivity index (χ1) is 6.83. The van der Waals surface area contributed by atoms with Crippen LogP contribution in [0.1, 0.15) is 32.0 Å². The molecule has 0 aromatic carbocycles. The van der Waals surface area contributed by atoms with E-state index in [1.54, 1.807) is 0 Å². The summed E-state index contributed by atoms with van der Waals surface area (Å²) in [4.78, 5) is 0. The van der Waals surface area contributed by atoms with Crippen molar-refractivity contribution in [3.05, 3.63) is 41.7 Å². The van der Waals surface area contributed by atoms with E-state index >= 15 is 0 Å². The molecule has 0 saturated carbocycles. The van der Waals surface area contributed by atoms with E-state index in [9.17, 15) is 0 Å². The van der Waals surface area contributed by atoms with Gasteiger partial charge >= 0.3 is 0 Å².